The third kappa shape index (κ3) is 6.20. The smallest absolute Gasteiger partial charge is 0.323 e. The number of nitrogens with two attached hydrogens (primary N) is 1. The number of anilines is 2. The average Bonchev–Trinajstić information content (AvgIpc) is 3.47. The van der Waals surface area contributed by atoms with Gasteiger partial charge in [-0.2, -0.15) is 5.26 Å². The Balaban J connectivity index is 1.55. The number of oxazole rings is 1. The van der Waals surface area contributed by atoms with Crippen LogP contribution in [-0.4, -0.2) is 78.3 Å². The molecule has 1 aliphatic heterocycles. The van der Waals surface area contributed by atoms with Crippen molar-refractivity contribution in [3.05, 3.63) is 60.6 Å². The number of piperazine rings is 1. The SMILES string of the molecule is COc1cc(N(C(N)=O)c2cccc(CN=C(NC#N)N3CCN(CCO)CC3)c2)ccc1-c1cnco1. The number of β-amino-alcohol motifs (C(OH)–C–C–N with tert-alkyl or cyclic N) is 1. The van der Waals surface area contributed by atoms with E-state index in [4.69, 9.17) is 20.0 Å². The zero-order valence-corrected chi connectivity index (χ0v) is 21.1. The minimum absolute atomic E-state index is 0.119. The van der Waals surface area contributed by atoms with E-state index in [9.17, 15) is 10.1 Å². The topological polar surface area (TPSA) is 156 Å². The van der Waals surface area contributed by atoms with Gasteiger partial charge in [0, 0.05) is 38.8 Å². The lowest BCUT2D eigenvalue weighted by molar-refractivity contribution is 0.146. The summed E-state index contributed by atoms with van der Waals surface area (Å²) in [6.07, 6.45) is 4.88. The van der Waals surface area contributed by atoms with Gasteiger partial charge < -0.3 is 24.9 Å². The lowest BCUT2D eigenvalue weighted by Gasteiger charge is -2.35. The molecule has 0 radical (unpaired) electrons. The number of hydrogen-bond donors (Lipinski definition) is 3. The van der Waals surface area contributed by atoms with Gasteiger partial charge in [0.15, 0.2) is 18.3 Å². The maximum absolute atomic E-state index is 12.5. The predicted octanol–water partition coefficient (Wildman–Crippen LogP) is 2.10. The number of carbonyl (C=O) groups is 1. The summed E-state index contributed by atoms with van der Waals surface area (Å²) in [4.78, 5) is 26.7. The molecule has 0 saturated carbocycles. The van der Waals surface area contributed by atoms with Gasteiger partial charge in [-0.05, 0) is 29.8 Å². The van der Waals surface area contributed by atoms with Crippen LogP contribution in [-0.2, 0) is 6.54 Å². The van der Waals surface area contributed by atoms with Crippen molar-refractivity contribution in [2.24, 2.45) is 10.7 Å². The molecule has 0 atom stereocenters. The number of nitrogens with one attached hydrogen (secondary N) is 1. The molecule has 1 aromatic heterocycles. The molecule has 12 nitrogen and oxygen atoms in total. The van der Waals surface area contributed by atoms with Crippen LogP contribution in [0.5, 0.6) is 5.75 Å². The molecule has 12 heteroatoms. The second-order valence-corrected chi connectivity index (χ2v) is 8.52. The van der Waals surface area contributed by atoms with Gasteiger partial charge in [0.25, 0.3) is 0 Å². The first kappa shape index (κ1) is 26.5. The van der Waals surface area contributed by atoms with Crippen LogP contribution in [0.4, 0.5) is 16.2 Å². The summed E-state index contributed by atoms with van der Waals surface area (Å²) < 4.78 is 10.9. The largest absolute Gasteiger partial charge is 0.496 e. The molecule has 1 saturated heterocycles. The minimum atomic E-state index is -0.660. The number of nitrogens with zero attached hydrogens (tertiary/aromatic N) is 6. The highest BCUT2D eigenvalue weighted by molar-refractivity contribution is 5.99. The van der Waals surface area contributed by atoms with E-state index >= 15 is 0 Å². The molecule has 4 rings (SSSR count). The molecule has 1 aliphatic rings. The predicted molar refractivity (Wildman–Crippen MR) is 142 cm³/mol. The Bertz CT molecular complexity index is 1300. The Hall–Kier alpha value is -4.60. The highest BCUT2D eigenvalue weighted by Crippen LogP contribution is 2.36. The first-order valence-electron chi connectivity index (χ1n) is 12.1. The van der Waals surface area contributed by atoms with Crippen LogP contribution in [0, 0.1) is 11.5 Å². The number of guanidine groups is 1. The normalized spacial score (nSPS) is 14.1. The standard InChI is InChI=1S/C26H30N8O4/c1-37-23-14-21(5-6-22(23)24-16-29-18-38-24)34(25(28)36)20-4-2-3-19(13-20)15-30-26(31-17-27)33-9-7-32(8-10-33)11-12-35/h2-6,13-14,16,18,35H,7-12,15H2,1H3,(H2,28,36)(H,30,31). The number of amides is 2. The number of aliphatic hydroxyl groups is 1. The molecule has 1 fully saturated rings. The van der Waals surface area contributed by atoms with Crippen molar-refractivity contribution >= 4 is 23.4 Å². The zero-order valence-electron chi connectivity index (χ0n) is 21.1. The quantitative estimate of drug-likeness (QED) is 0.176. The van der Waals surface area contributed by atoms with E-state index < -0.39 is 6.03 Å². The number of urea groups is 1. The van der Waals surface area contributed by atoms with Crippen molar-refractivity contribution in [2.75, 3.05) is 51.3 Å². The average molecular weight is 519 g/mol. The summed E-state index contributed by atoms with van der Waals surface area (Å²) in [6, 6.07) is 11.9. The van der Waals surface area contributed by atoms with E-state index in [1.54, 1.807) is 30.5 Å². The molecular weight excluding hydrogens is 488 g/mol. The molecule has 0 unspecified atom stereocenters. The maximum atomic E-state index is 12.5. The number of aliphatic hydroxyl groups excluding tert-OH is 1. The second-order valence-electron chi connectivity index (χ2n) is 8.52. The molecule has 0 aliphatic carbocycles. The van der Waals surface area contributed by atoms with Gasteiger partial charge in [0.05, 0.1) is 43.4 Å². The summed E-state index contributed by atoms with van der Waals surface area (Å²) in [7, 11) is 1.53. The van der Waals surface area contributed by atoms with E-state index in [0.717, 1.165) is 18.7 Å². The number of carbonyl (C=O) groups excluding carboxylic acids is 1. The van der Waals surface area contributed by atoms with E-state index in [1.807, 2.05) is 29.3 Å². The number of hydrogen-bond acceptors (Lipinski definition) is 8. The monoisotopic (exact) mass is 518 g/mol. The van der Waals surface area contributed by atoms with Gasteiger partial charge in [-0.1, -0.05) is 12.1 Å². The van der Waals surface area contributed by atoms with Crippen LogP contribution in [0.1, 0.15) is 5.56 Å². The van der Waals surface area contributed by atoms with Crippen LogP contribution < -0.4 is 20.7 Å². The highest BCUT2D eigenvalue weighted by atomic mass is 16.5. The minimum Gasteiger partial charge on any atom is -0.496 e. The van der Waals surface area contributed by atoms with Crippen molar-refractivity contribution in [1.29, 1.82) is 5.26 Å². The van der Waals surface area contributed by atoms with Crippen molar-refractivity contribution in [2.45, 2.75) is 6.54 Å². The Morgan fingerprint density at radius 1 is 1.26 bits per heavy atom. The molecule has 0 spiro atoms. The van der Waals surface area contributed by atoms with E-state index in [0.29, 0.717) is 54.0 Å². The molecule has 2 heterocycles. The molecule has 3 aromatic rings. The van der Waals surface area contributed by atoms with Crippen molar-refractivity contribution in [3.63, 3.8) is 0 Å². The molecule has 198 valence electrons. The molecule has 38 heavy (non-hydrogen) atoms. The van der Waals surface area contributed by atoms with Gasteiger partial charge in [0.1, 0.15) is 5.75 Å². The lowest BCUT2D eigenvalue weighted by atomic mass is 10.1. The number of rotatable bonds is 8. The summed E-state index contributed by atoms with van der Waals surface area (Å²) >= 11 is 0. The third-order valence-electron chi connectivity index (χ3n) is 6.20. The molecule has 2 aromatic carbocycles. The van der Waals surface area contributed by atoms with E-state index in [2.05, 4.69) is 20.2 Å². The highest BCUT2D eigenvalue weighted by Gasteiger charge is 2.21. The van der Waals surface area contributed by atoms with Gasteiger partial charge in [0.2, 0.25) is 5.96 Å². The van der Waals surface area contributed by atoms with Gasteiger partial charge in [-0.3, -0.25) is 15.1 Å². The molecule has 2 amide bonds. The van der Waals surface area contributed by atoms with E-state index in [1.165, 1.54) is 18.4 Å². The van der Waals surface area contributed by atoms with Crippen molar-refractivity contribution in [1.82, 2.24) is 20.1 Å². The van der Waals surface area contributed by atoms with Crippen molar-refractivity contribution < 1.29 is 19.1 Å². The summed E-state index contributed by atoms with van der Waals surface area (Å²) in [6.45, 7) is 3.96. The molecule has 0 bridgehead atoms. The fourth-order valence-corrected chi connectivity index (χ4v) is 4.33. The van der Waals surface area contributed by atoms with Crippen LogP contribution in [0.2, 0.25) is 0 Å². The number of benzene rings is 2. The second kappa shape index (κ2) is 12.6. The lowest BCUT2D eigenvalue weighted by Crippen LogP contribution is -2.52. The number of methoxy groups -OCH3 is 1. The fraction of sp³-hybridized carbons (Fsp3) is 0.308. The van der Waals surface area contributed by atoms with Crippen LogP contribution in [0.3, 0.4) is 0 Å². The fourth-order valence-electron chi connectivity index (χ4n) is 4.33. The first-order valence-corrected chi connectivity index (χ1v) is 12.1. The van der Waals surface area contributed by atoms with Crippen LogP contribution >= 0.6 is 0 Å². The zero-order chi connectivity index (χ0) is 26.9. The third-order valence-corrected chi connectivity index (χ3v) is 6.20. The summed E-state index contributed by atoms with van der Waals surface area (Å²) in [5.74, 6) is 1.52. The Morgan fingerprint density at radius 2 is 2.05 bits per heavy atom. The van der Waals surface area contributed by atoms with Gasteiger partial charge in [-0.25, -0.2) is 14.8 Å². The number of aromatic nitrogens is 1. The number of primary amides is 1. The van der Waals surface area contributed by atoms with Gasteiger partial charge >= 0.3 is 6.03 Å². The van der Waals surface area contributed by atoms with E-state index in [-0.39, 0.29) is 13.2 Å². The van der Waals surface area contributed by atoms with Crippen LogP contribution in [0.15, 0.2) is 64.5 Å². The maximum Gasteiger partial charge on any atom is 0.323 e. The Labute approximate surface area is 220 Å². The Morgan fingerprint density at radius 3 is 2.71 bits per heavy atom. The number of aliphatic imine (C=N–C) groups is 1. The number of nitriles is 1. The number of ether oxygens (including phenoxy) is 1. The summed E-state index contributed by atoms with van der Waals surface area (Å²) in [5.41, 5.74) is 8.39. The molecular formula is C26H30N8O4. The Kier molecular flexibility index (Phi) is 8.76. The molecule has 4 N–H and O–H groups in total. The van der Waals surface area contributed by atoms with Crippen LogP contribution in [0.25, 0.3) is 11.3 Å². The summed E-state index contributed by atoms with van der Waals surface area (Å²) in [5, 5.41) is 21.1. The van der Waals surface area contributed by atoms with Crippen molar-refractivity contribution in [3.8, 4) is 23.3 Å². The van der Waals surface area contributed by atoms with Gasteiger partial charge in [-0.15, -0.1) is 0 Å². The first-order chi connectivity index (χ1) is 18.5.